The molecule has 0 aliphatic carbocycles. The zero-order valence-corrected chi connectivity index (χ0v) is 11.6. The van der Waals surface area contributed by atoms with Crippen molar-refractivity contribution < 1.29 is 14.4 Å². The fourth-order valence-corrected chi connectivity index (χ4v) is 2.11. The average Bonchev–Trinajstić information content (AvgIpc) is 3.00. The lowest BCUT2D eigenvalue weighted by Crippen LogP contribution is -2.20. The summed E-state index contributed by atoms with van der Waals surface area (Å²) in [5.41, 5.74) is 3.92. The van der Waals surface area contributed by atoms with Crippen molar-refractivity contribution in [1.29, 1.82) is 0 Å². The van der Waals surface area contributed by atoms with E-state index in [2.05, 4.69) is 9.97 Å². The molecule has 0 atom stereocenters. The van der Waals surface area contributed by atoms with Crippen LogP contribution >= 0.6 is 0 Å². The highest BCUT2D eigenvalue weighted by atomic mass is 16.5. The third-order valence-corrected chi connectivity index (χ3v) is 3.10. The lowest BCUT2D eigenvalue weighted by molar-refractivity contribution is -0.128. The molecular weight excluding hydrogens is 282 g/mol. The third-order valence-electron chi connectivity index (χ3n) is 3.10. The molecular formula is C16H13N3O3. The van der Waals surface area contributed by atoms with Crippen molar-refractivity contribution in [2.75, 3.05) is 0 Å². The summed E-state index contributed by atoms with van der Waals surface area (Å²) in [6.45, 7) is 0. The van der Waals surface area contributed by atoms with Crippen molar-refractivity contribution in [1.82, 2.24) is 15.4 Å². The van der Waals surface area contributed by atoms with Crippen LogP contribution in [-0.4, -0.2) is 21.1 Å². The predicted molar refractivity (Wildman–Crippen MR) is 78.8 cm³/mol. The number of pyridine rings is 1. The van der Waals surface area contributed by atoms with Crippen LogP contribution < -0.4 is 5.48 Å². The maximum Gasteiger partial charge on any atom is 0.252 e. The Hall–Kier alpha value is -2.99. The molecule has 0 saturated heterocycles. The molecule has 6 nitrogen and oxygen atoms in total. The van der Waals surface area contributed by atoms with Gasteiger partial charge in [-0.1, -0.05) is 30.3 Å². The highest BCUT2D eigenvalue weighted by molar-refractivity contribution is 5.79. The summed E-state index contributed by atoms with van der Waals surface area (Å²) in [5, 5.41) is 8.63. The first kappa shape index (κ1) is 14.0. The Morgan fingerprint density at radius 2 is 1.82 bits per heavy atom. The lowest BCUT2D eigenvalue weighted by atomic mass is 10.1. The van der Waals surface area contributed by atoms with Gasteiger partial charge < -0.3 is 4.42 Å². The van der Waals surface area contributed by atoms with Crippen LogP contribution in [0.2, 0.25) is 0 Å². The maximum absolute atomic E-state index is 11.3. The second kappa shape index (κ2) is 6.19. The molecule has 3 rings (SSSR count). The van der Waals surface area contributed by atoms with Crippen LogP contribution in [0.1, 0.15) is 5.89 Å². The molecule has 6 heteroatoms. The standard InChI is InChI=1S/C16H13N3O3/c20-13(19-21)10-14-18-15(11-4-2-1-3-5-11)16(22-14)12-6-8-17-9-7-12/h1-9,21H,10H2,(H,19,20). The fourth-order valence-electron chi connectivity index (χ4n) is 2.11. The van der Waals surface area contributed by atoms with Crippen LogP contribution in [0, 0.1) is 0 Å². The summed E-state index contributed by atoms with van der Waals surface area (Å²) in [6.07, 6.45) is 3.18. The van der Waals surface area contributed by atoms with E-state index in [1.807, 2.05) is 42.5 Å². The molecule has 1 aromatic carbocycles. The highest BCUT2D eigenvalue weighted by Crippen LogP contribution is 2.32. The monoisotopic (exact) mass is 295 g/mol. The first-order chi connectivity index (χ1) is 10.8. The summed E-state index contributed by atoms with van der Waals surface area (Å²) in [6, 6.07) is 13.2. The Morgan fingerprint density at radius 3 is 2.50 bits per heavy atom. The third kappa shape index (κ3) is 2.87. The summed E-state index contributed by atoms with van der Waals surface area (Å²) in [4.78, 5) is 19.7. The van der Waals surface area contributed by atoms with E-state index in [1.165, 1.54) is 0 Å². The van der Waals surface area contributed by atoms with E-state index < -0.39 is 5.91 Å². The molecule has 0 saturated carbocycles. The van der Waals surface area contributed by atoms with E-state index in [0.717, 1.165) is 11.1 Å². The number of hydrogen-bond acceptors (Lipinski definition) is 5. The predicted octanol–water partition coefficient (Wildman–Crippen LogP) is 2.45. The van der Waals surface area contributed by atoms with Crippen LogP contribution in [0.4, 0.5) is 0 Å². The van der Waals surface area contributed by atoms with Gasteiger partial charge in [-0.15, -0.1) is 0 Å². The lowest BCUT2D eigenvalue weighted by Gasteiger charge is -2.00. The van der Waals surface area contributed by atoms with Crippen LogP contribution in [0.3, 0.4) is 0 Å². The van der Waals surface area contributed by atoms with Crippen LogP contribution in [0.5, 0.6) is 0 Å². The number of amides is 1. The number of rotatable bonds is 4. The van der Waals surface area contributed by atoms with E-state index in [4.69, 9.17) is 9.62 Å². The Labute approximate surface area is 126 Å². The number of hydrogen-bond donors (Lipinski definition) is 2. The number of carbonyl (C=O) groups is 1. The van der Waals surface area contributed by atoms with Gasteiger partial charge in [-0.25, -0.2) is 10.5 Å². The first-order valence-electron chi connectivity index (χ1n) is 6.66. The number of nitrogens with one attached hydrogen (secondary N) is 1. The number of nitrogens with zero attached hydrogens (tertiary/aromatic N) is 2. The Morgan fingerprint density at radius 1 is 1.09 bits per heavy atom. The first-order valence-corrected chi connectivity index (χ1v) is 6.66. The van der Waals surface area contributed by atoms with Crippen molar-refractivity contribution in [2.24, 2.45) is 0 Å². The van der Waals surface area contributed by atoms with Crippen molar-refractivity contribution in [3.63, 3.8) is 0 Å². The zero-order chi connectivity index (χ0) is 15.4. The van der Waals surface area contributed by atoms with Crippen molar-refractivity contribution in [3.05, 3.63) is 60.7 Å². The molecule has 0 aliphatic rings. The van der Waals surface area contributed by atoms with Gasteiger partial charge in [0.1, 0.15) is 12.1 Å². The van der Waals surface area contributed by atoms with Gasteiger partial charge in [-0.3, -0.25) is 15.0 Å². The number of benzene rings is 1. The van der Waals surface area contributed by atoms with Crippen LogP contribution in [-0.2, 0) is 11.2 Å². The number of oxazole rings is 1. The molecule has 2 N–H and O–H groups in total. The van der Waals surface area contributed by atoms with Crippen LogP contribution in [0.25, 0.3) is 22.6 Å². The minimum atomic E-state index is -0.581. The molecule has 0 bridgehead atoms. The minimum absolute atomic E-state index is 0.137. The van der Waals surface area contributed by atoms with Gasteiger partial charge in [-0.2, -0.15) is 0 Å². The molecule has 0 unspecified atom stereocenters. The van der Waals surface area contributed by atoms with Gasteiger partial charge in [0.2, 0.25) is 5.89 Å². The van der Waals surface area contributed by atoms with Gasteiger partial charge in [0.25, 0.3) is 5.91 Å². The number of hydroxylamine groups is 1. The Bertz CT molecular complexity index is 713. The summed E-state index contributed by atoms with van der Waals surface area (Å²) in [7, 11) is 0. The largest absolute Gasteiger partial charge is 0.439 e. The maximum atomic E-state index is 11.3. The van der Waals surface area contributed by atoms with Gasteiger partial charge in [0.05, 0.1) is 0 Å². The summed E-state index contributed by atoms with van der Waals surface area (Å²) in [5.74, 6) is 0.216. The quantitative estimate of drug-likeness (QED) is 0.570. The topological polar surface area (TPSA) is 88.2 Å². The normalized spacial score (nSPS) is 10.4. The molecule has 22 heavy (non-hydrogen) atoms. The SMILES string of the molecule is O=C(Cc1nc(-c2ccccc2)c(-c2ccncc2)o1)NO. The van der Waals surface area contributed by atoms with Gasteiger partial charge in [0.15, 0.2) is 5.76 Å². The average molecular weight is 295 g/mol. The molecule has 0 fully saturated rings. The highest BCUT2D eigenvalue weighted by Gasteiger charge is 2.18. The Balaban J connectivity index is 2.08. The molecule has 1 amide bonds. The molecule has 2 heterocycles. The molecule has 0 aliphatic heterocycles. The molecule has 110 valence electrons. The summed E-state index contributed by atoms with van der Waals surface area (Å²) < 4.78 is 5.72. The number of carbonyl (C=O) groups excluding carboxylic acids is 1. The molecule has 3 aromatic rings. The van der Waals surface area contributed by atoms with E-state index in [9.17, 15) is 4.79 Å². The van der Waals surface area contributed by atoms with Crippen molar-refractivity contribution in [2.45, 2.75) is 6.42 Å². The van der Waals surface area contributed by atoms with Crippen LogP contribution in [0.15, 0.2) is 59.3 Å². The summed E-state index contributed by atoms with van der Waals surface area (Å²) >= 11 is 0. The Kier molecular flexibility index (Phi) is 3.93. The number of aromatic nitrogens is 2. The van der Waals surface area contributed by atoms with Gasteiger partial charge in [0, 0.05) is 23.5 Å². The molecule has 0 spiro atoms. The van der Waals surface area contributed by atoms with E-state index >= 15 is 0 Å². The van der Waals surface area contributed by atoms with Gasteiger partial charge >= 0.3 is 0 Å². The molecule has 0 radical (unpaired) electrons. The molecule has 2 aromatic heterocycles. The van der Waals surface area contributed by atoms with E-state index in [1.54, 1.807) is 17.9 Å². The van der Waals surface area contributed by atoms with E-state index in [-0.39, 0.29) is 12.3 Å². The van der Waals surface area contributed by atoms with Crippen molar-refractivity contribution in [3.8, 4) is 22.6 Å². The minimum Gasteiger partial charge on any atom is -0.439 e. The fraction of sp³-hybridized carbons (Fsp3) is 0.0625. The van der Waals surface area contributed by atoms with E-state index in [0.29, 0.717) is 11.5 Å². The van der Waals surface area contributed by atoms with Gasteiger partial charge in [-0.05, 0) is 12.1 Å². The van der Waals surface area contributed by atoms with Crippen molar-refractivity contribution >= 4 is 5.91 Å². The second-order valence-corrected chi connectivity index (χ2v) is 4.60. The smallest absolute Gasteiger partial charge is 0.252 e. The zero-order valence-electron chi connectivity index (χ0n) is 11.6. The second-order valence-electron chi connectivity index (χ2n) is 4.60.